The van der Waals surface area contributed by atoms with Gasteiger partial charge >= 0.3 is 5.97 Å². The van der Waals surface area contributed by atoms with Crippen LogP contribution in [0, 0.1) is 0 Å². The Morgan fingerprint density at radius 3 is 2.53 bits per heavy atom. The van der Waals surface area contributed by atoms with Crippen LogP contribution in [-0.4, -0.2) is 11.1 Å². The number of hydrogen-bond acceptors (Lipinski definition) is 1. The molecule has 0 saturated carbocycles. The fourth-order valence-corrected chi connectivity index (χ4v) is 3.01. The van der Waals surface area contributed by atoms with Gasteiger partial charge in [-0.1, -0.05) is 48.5 Å². The Bertz CT molecular complexity index is 616. The lowest BCUT2D eigenvalue weighted by molar-refractivity contribution is -0.137. The van der Waals surface area contributed by atoms with Crippen LogP contribution in [0.4, 0.5) is 0 Å². The summed E-state index contributed by atoms with van der Waals surface area (Å²) < 4.78 is 0. The van der Waals surface area contributed by atoms with Crippen LogP contribution in [-0.2, 0) is 11.2 Å². The molecule has 0 saturated heterocycles. The number of benzene rings is 2. The van der Waals surface area contributed by atoms with Crippen molar-refractivity contribution in [1.82, 2.24) is 0 Å². The zero-order chi connectivity index (χ0) is 13.2. The molecule has 96 valence electrons. The minimum absolute atomic E-state index is 0.112. The Kier molecular flexibility index (Phi) is 3.08. The van der Waals surface area contributed by atoms with Crippen molar-refractivity contribution >= 4 is 5.97 Å². The summed E-state index contributed by atoms with van der Waals surface area (Å²) in [6, 6.07) is 16.6. The summed E-state index contributed by atoms with van der Waals surface area (Å²) in [4.78, 5) is 11.1. The smallest absolute Gasteiger partial charge is 0.303 e. The molecule has 1 N–H and O–H groups in total. The quantitative estimate of drug-likeness (QED) is 0.881. The van der Waals surface area contributed by atoms with E-state index in [2.05, 4.69) is 30.3 Å². The van der Waals surface area contributed by atoms with E-state index >= 15 is 0 Å². The first-order chi connectivity index (χ1) is 9.25. The lowest BCUT2D eigenvalue weighted by atomic mass is 9.89. The van der Waals surface area contributed by atoms with Gasteiger partial charge in [0.2, 0.25) is 0 Å². The summed E-state index contributed by atoms with van der Waals surface area (Å²) >= 11 is 0. The highest BCUT2D eigenvalue weighted by Gasteiger charge is 2.23. The highest BCUT2D eigenvalue weighted by atomic mass is 16.4. The van der Waals surface area contributed by atoms with Crippen molar-refractivity contribution in [3.8, 4) is 11.1 Å². The number of carboxylic acid groups (broad SMARTS) is 1. The van der Waals surface area contributed by atoms with Crippen molar-refractivity contribution in [1.29, 1.82) is 0 Å². The van der Waals surface area contributed by atoms with Gasteiger partial charge in [0.25, 0.3) is 0 Å². The monoisotopic (exact) mass is 252 g/mol. The summed E-state index contributed by atoms with van der Waals surface area (Å²) in [6.07, 6.45) is 2.06. The lowest BCUT2D eigenvalue weighted by Crippen LogP contribution is -2.07. The van der Waals surface area contributed by atoms with Crippen molar-refractivity contribution in [2.24, 2.45) is 0 Å². The maximum Gasteiger partial charge on any atom is 0.303 e. The van der Waals surface area contributed by atoms with E-state index in [4.69, 9.17) is 5.11 Å². The second-order valence-electron chi connectivity index (χ2n) is 5.08. The van der Waals surface area contributed by atoms with E-state index in [0.717, 1.165) is 12.8 Å². The molecule has 0 spiro atoms. The number of hydrogen-bond donors (Lipinski definition) is 1. The Labute approximate surface area is 112 Å². The molecule has 0 heterocycles. The van der Waals surface area contributed by atoms with Gasteiger partial charge in [0.1, 0.15) is 0 Å². The van der Waals surface area contributed by atoms with Crippen molar-refractivity contribution < 1.29 is 9.90 Å². The normalized spacial score (nSPS) is 17.2. The summed E-state index contributed by atoms with van der Waals surface area (Å²) in [5, 5.41) is 9.10. The fourth-order valence-electron chi connectivity index (χ4n) is 3.01. The van der Waals surface area contributed by atoms with Gasteiger partial charge in [-0.25, -0.2) is 0 Å². The molecule has 2 nitrogen and oxygen atoms in total. The van der Waals surface area contributed by atoms with Crippen LogP contribution in [0.25, 0.3) is 11.1 Å². The molecule has 0 aromatic heterocycles. The van der Waals surface area contributed by atoms with E-state index in [-0.39, 0.29) is 12.3 Å². The van der Waals surface area contributed by atoms with E-state index in [1.54, 1.807) is 0 Å². The Hall–Kier alpha value is -2.09. The molecule has 2 aromatic rings. The molecule has 19 heavy (non-hydrogen) atoms. The molecule has 2 aromatic carbocycles. The van der Waals surface area contributed by atoms with Crippen LogP contribution in [0.1, 0.15) is 29.9 Å². The van der Waals surface area contributed by atoms with Gasteiger partial charge in [0.15, 0.2) is 0 Å². The van der Waals surface area contributed by atoms with Crippen molar-refractivity contribution in [2.45, 2.75) is 25.2 Å². The first kappa shape index (κ1) is 12.0. The second kappa shape index (κ2) is 4.88. The highest BCUT2D eigenvalue weighted by molar-refractivity contribution is 5.74. The van der Waals surface area contributed by atoms with Gasteiger partial charge in [0, 0.05) is 0 Å². The number of carbonyl (C=O) groups is 1. The van der Waals surface area contributed by atoms with E-state index < -0.39 is 5.97 Å². The molecule has 3 rings (SSSR count). The first-order valence-corrected chi connectivity index (χ1v) is 6.64. The molecule has 2 heteroatoms. The van der Waals surface area contributed by atoms with Gasteiger partial charge in [-0.05, 0) is 41.0 Å². The average molecular weight is 252 g/mol. The van der Waals surface area contributed by atoms with Gasteiger partial charge in [-0.2, -0.15) is 0 Å². The Balaban J connectivity index is 2.13. The molecule has 0 radical (unpaired) electrons. The van der Waals surface area contributed by atoms with Gasteiger partial charge in [-0.15, -0.1) is 0 Å². The number of aliphatic carboxylic acids is 1. The summed E-state index contributed by atoms with van der Waals surface area (Å²) in [7, 11) is 0. The fraction of sp³-hybridized carbons (Fsp3) is 0.235. The van der Waals surface area contributed by atoms with Crippen molar-refractivity contribution in [3.05, 3.63) is 59.7 Å². The molecule has 0 fully saturated rings. The SMILES string of the molecule is O=C(O)C[C@@H]1CCc2ccccc2-c2ccccc21. The molecule has 0 bridgehead atoms. The van der Waals surface area contributed by atoms with E-state index in [0.29, 0.717) is 0 Å². The van der Waals surface area contributed by atoms with Crippen LogP contribution in [0.5, 0.6) is 0 Å². The zero-order valence-corrected chi connectivity index (χ0v) is 10.7. The van der Waals surface area contributed by atoms with E-state index in [1.165, 1.54) is 22.3 Å². The molecule has 1 aliphatic rings. The molecule has 1 aliphatic carbocycles. The van der Waals surface area contributed by atoms with E-state index in [9.17, 15) is 4.79 Å². The summed E-state index contributed by atoms with van der Waals surface area (Å²) in [5.41, 5.74) is 4.95. The third-order valence-corrected chi connectivity index (χ3v) is 3.89. The predicted octanol–water partition coefficient (Wildman–Crippen LogP) is 3.86. The molecule has 0 aliphatic heterocycles. The number of aryl methyl sites for hydroxylation is 1. The molecule has 1 atom stereocenters. The number of rotatable bonds is 2. The maximum absolute atomic E-state index is 11.1. The summed E-state index contributed by atoms with van der Waals surface area (Å²) in [5.74, 6) is -0.605. The van der Waals surface area contributed by atoms with Crippen LogP contribution in [0.2, 0.25) is 0 Å². The zero-order valence-electron chi connectivity index (χ0n) is 10.7. The van der Waals surface area contributed by atoms with Crippen molar-refractivity contribution in [2.75, 3.05) is 0 Å². The van der Waals surface area contributed by atoms with E-state index in [1.807, 2.05) is 18.2 Å². The van der Waals surface area contributed by atoms with Crippen LogP contribution in [0.15, 0.2) is 48.5 Å². The lowest BCUT2D eigenvalue weighted by Gasteiger charge is -2.15. The number of carboxylic acids is 1. The van der Waals surface area contributed by atoms with Gasteiger partial charge in [0.05, 0.1) is 6.42 Å². The first-order valence-electron chi connectivity index (χ1n) is 6.64. The third-order valence-electron chi connectivity index (χ3n) is 3.89. The average Bonchev–Trinajstić information content (AvgIpc) is 2.57. The van der Waals surface area contributed by atoms with Crippen LogP contribution in [0.3, 0.4) is 0 Å². The minimum Gasteiger partial charge on any atom is -0.481 e. The second-order valence-corrected chi connectivity index (χ2v) is 5.08. The Morgan fingerprint density at radius 1 is 1.05 bits per heavy atom. The molecule has 0 amide bonds. The maximum atomic E-state index is 11.1. The Morgan fingerprint density at radius 2 is 1.74 bits per heavy atom. The summed E-state index contributed by atoms with van der Waals surface area (Å²) in [6.45, 7) is 0. The highest BCUT2D eigenvalue weighted by Crippen LogP contribution is 2.39. The van der Waals surface area contributed by atoms with Crippen LogP contribution < -0.4 is 0 Å². The minimum atomic E-state index is -0.717. The topological polar surface area (TPSA) is 37.3 Å². The molecular weight excluding hydrogens is 236 g/mol. The number of fused-ring (bicyclic) bond motifs is 3. The third kappa shape index (κ3) is 2.26. The molecular formula is C17H16O2. The van der Waals surface area contributed by atoms with Gasteiger partial charge < -0.3 is 5.11 Å². The van der Waals surface area contributed by atoms with Gasteiger partial charge in [-0.3, -0.25) is 4.79 Å². The van der Waals surface area contributed by atoms with Crippen molar-refractivity contribution in [3.63, 3.8) is 0 Å². The molecule has 0 unspecified atom stereocenters. The van der Waals surface area contributed by atoms with Crippen LogP contribution >= 0.6 is 0 Å². The predicted molar refractivity (Wildman–Crippen MR) is 75.2 cm³/mol. The largest absolute Gasteiger partial charge is 0.481 e. The standard InChI is InChI=1S/C17H16O2/c18-17(19)11-13-10-9-12-5-1-2-6-14(12)16-8-4-3-7-15(13)16/h1-8,13H,9-11H2,(H,18,19)/t13-/m0/s1.